The number of rotatable bonds is 7. The minimum atomic E-state index is -0.241. The maximum absolute atomic E-state index is 13.0. The van der Waals surface area contributed by atoms with Gasteiger partial charge in [-0.25, -0.2) is 4.98 Å². The summed E-state index contributed by atoms with van der Waals surface area (Å²) in [6.45, 7) is 2.28. The predicted molar refractivity (Wildman–Crippen MR) is 130 cm³/mol. The van der Waals surface area contributed by atoms with Crippen LogP contribution >= 0.6 is 11.8 Å². The Morgan fingerprint density at radius 1 is 1.09 bits per heavy atom. The first-order valence-electron chi connectivity index (χ1n) is 10.6. The number of benzene rings is 2. The zero-order valence-electron chi connectivity index (χ0n) is 18.7. The lowest BCUT2D eigenvalue weighted by atomic mass is 10.2. The van der Waals surface area contributed by atoms with E-state index in [1.165, 1.54) is 11.8 Å². The standard InChI is InChI=1S/C25H22N6O2S/c1-17-6-5-13-31-14-19(27-23(17)31)15-33-22-8-4-3-7-21(22)24(32)28-18-9-11-20(12-10-18)34-25-29-26-16-30(25)2/h3-14,16H,15H2,1-2H3,(H,28,32). The molecule has 5 rings (SSSR count). The lowest BCUT2D eigenvalue weighted by molar-refractivity contribution is 0.102. The smallest absolute Gasteiger partial charge is 0.259 e. The summed E-state index contributed by atoms with van der Waals surface area (Å²) in [5.41, 5.74) is 3.93. The van der Waals surface area contributed by atoms with E-state index in [4.69, 9.17) is 4.74 Å². The van der Waals surface area contributed by atoms with Crippen LogP contribution in [0.15, 0.2) is 89.4 Å². The number of carbonyl (C=O) groups is 1. The molecule has 3 heterocycles. The highest BCUT2D eigenvalue weighted by atomic mass is 32.2. The van der Waals surface area contributed by atoms with Crippen molar-refractivity contribution in [2.24, 2.45) is 7.05 Å². The van der Waals surface area contributed by atoms with Crippen molar-refractivity contribution in [2.75, 3.05) is 5.32 Å². The number of ether oxygens (including phenoxy) is 1. The first kappa shape index (κ1) is 21.7. The molecule has 1 amide bonds. The minimum Gasteiger partial charge on any atom is -0.486 e. The van der Waals surface area contributed by atoms with E-state index in [0.717, 1.165) is 27.0 Å². The number of amides is 1. The number of fused-ring (bicyclic) bond motifs is 1. The maximum Gasteiger partial charge on any atom is 0.259 e. The molecule has 3 aromatic heterocycles. The third-order valence-corrected chi connectivity index (χ3v) is 6.29. The molecular formula is C25H22N6O2S. The Labute approximate surface area is 200 Å². The number of nitrogens with one attached hydrogen (secondary N) is 1. The molecule has 2 aromatic carbocycles. The maximum atomic E-state index is 13.0. The van der Waals surface area contributed by atoms with E-state index in [9.17, 15) is 4.79 Å². The minimum absolute atomic E-state index is 0.241. The molecule has 0 bridgehead atoms. The molecule has 1 N–H and O–H groups in total. The summed E-state index contributed by atoms with van der Waals surface area (Å²) < 4.78 is 9.81. The van der Waals surface area contributed by atoms with Crippen LogP contribution in [0.1, 0.15) is 21.6 Å². The summed E-state index contributed by atoms with van der Waals surface area (Å²) in [6, 6.07) is 18.8. The van der Waals surface area contributed by atoms with E-state index in [1.54, 1.807) is 18.5 Å². The highest BCUT2D eigenvalue weighted by molar-refractivity contribution is 7.99. The quantitative estimate of drug-likeness (QED) is 0.369. The SMILES string of the molecule is Cc1cccn2cc(COc3ccccc3C(=O)Nc3ccc(Sc4nncn4C)cc3)nc12. The van der Waals surface area contributed by atoms with Gasteiger partial charge in [-0.2, -0.15) is 0 Å². The summed E-state index contributed by atoms with van der Waals surface area (Å²) in [5, 5.41) is 11.7. The number of pyridine rings is 1. The Bertz CT molecular complexity index is 1460. The topological polar surface area (TPSA) is 86.3 Å². The van der Waals surface area contributed by atoms with Crippen molar-refractivity contribution in [1.29, 1.82) is 0 Å². The van der Waals surface area contributed by atoms with E-state index in [0.29, 0.717) is 17.0 Å². The van der Waals surface area contributed by atoms with Crippen LogP contribution in [0.5, 0.6) is 5.75 Å². The van der Waals surface area contributed by atoms with Crippen LogP contribution in [0.3, 0.4) is 0 Å². The molecule has 0 saturated carbocycles. The Morgan fingerprint density at radius 2 is 1.91 bits per heavy atom. The van der Waals surface area contributed by atoms with E-state index < -0.39 is 0 Å². The Hall–Kier alpha value is -4.11. The van der Waals surface area contributed by atoms with Gasteiger partial charge < -0.3 is 19.0 Å². The fourth-order valence-electron chi connectivity index (χ4n) is 3.48. The molecule has 0 aliphatic rings. The van der Waals surface area contributed by atoms with Gasteiger partial charge in [0.05, 0.1) is 11.3 Å². The number of imidazole rings is 1. The fourth-order valence-corrected chi connectivity index (χ4v) is 4.24. The zero-order chi connectivity index (χ0) is 23.5. The van der Waals surface area contributed by atoms with Crippen molar-refractivity contribution in [3.63, 3.8) is 0 Å². The number of para-hydroxylation sites is 1. The van der Waals surface area contributed by atoms with Gasteiger partial charge in [0.15, 0.2) is 5.16 Å². The molecule has 0 atom stereocenters. The summed E-state index contributed by atoms with van der Waals surface area (Å²) in [4.78, 5) is 18.6. The van der Waals surface area contributed by atoms with Gasteiger partial charge in [-0.15, -0.1) is 10.2 Å². The van der Waals surface area contributed by atoms with Crippen LogP contribution < -0.4 is 10.1 Å². The van der Waals surface area contributed by atoms with Crippen LogP contribution in [0.2, 0.25) is 0 Å². The number of hydrogen-bond acceptors (Lipinski definition) is 6. The third-order valence-electron chi connectivity index (χ3n) is 5.23. The normalized spacial score (nSPS) is 11.0. The lowest BCUT2D eigenvalue weighted by Gasteiger charge is -2.11. The molecule has 0 aliphatic heterocycles. The van der Waals surface area contributed by atoms with Crippen molar-refractivity contribution >= 4 is 29.0 Å². The molecule has 8 nitrogen and oxygen atoms in total. The largest absolute Gasteiger partial charge is 0.486 e. The third kappa shape index (κ3) is 4.65. The highest BCUT2D eigenvalue weighted by Gasteiger charge is 2.14. The van der Waals surface area contributed by atoms with Crippen molar-refractivity contribution in [2.45, 2.75) is 23.6 Å². The average molecular weight is 471 g/mol. The number of aromatic nitrogens is 5. The summed E-state index contributed by atoms with van der Waals surface area (Å²) in [6.07, 6.45) is 5.55. The Morgan fingerprint density at radius 3 is 2.68 bits per heavy atom. The monoisotopic (exact) mass is 470 g/mol. The van der Waals surface area contributed by atoms with Crippen molar-refractivity contribution < 1.29 is 9.53 Å². The van der Waals surface area contributed by atoms with Crippen LogP contribution in [0.4, 0.5) is 5.69 Å². The van der Waals surface area contributed by atoms with Gasteiger partial charge in [-0.05, 0) is 66.7 Å². The molecule has 0 aliphatic carbocycles. The Balaban J connectivity index is 1.26. The zero-order valence-corrected chi connectivity index (χ0v) is 19.5. The van der Waals surface area contributed by atoms with Gasteiger partial charge in [0.25, 0.3) is 5.91 Å². The van der Waals surface area contributed by atoms with Gasteiger partial charge in [0.1, 0.15) is 24.3 Å². The second-order valence-corrected chi connectivity index (χ2v) is 8.78. The number of nitrogens with zero attached hydrogens (tertiary/aromatic N) is 5. The summed E-state index contributed by atoms with van der Waals surface area (Å²) in [7, 11) is 1.90. The van der Waals surface area contributed by atoms with Crippen molar-refractivity contribution in [3.8, 4) is 5.75 Å². The van der Waals surface area contributed by atoms with Crippen LogP contribution in [-0.4, -0.2) is 30.1 Å². The lowest BCUT2D eigenvalue weighted by Crippen LogP contribution is -2.13. The van der Waals surface area contributed by atoms with Crippen LogP contribution in [-0.2, 0) is 13.7 Å². The fraction of sp³-hybridized carbons (Fsp3) is 0.120. The molecule has 0 saturated heterocycles. The van der Waals surface area contributed by atoms with Crippen molar-refractivity contribution in [3.05, 3.63) is 96.2 Å². The number of anilines is 1. The number of carbonyl (C=O) groups excluding carboxylic acids is 1. The summed E-state index contributed by atoms with van der Waals surface area (Å²) in [5.74, 6) is 0.262. The molecule has 0 radical (unpaired) electrons. The van der Waals surface area contributed by atoms with Gasteiger partial charge in [0, 0.05) is 30.0 Å². The first-order chi connectivity index (χ1) is 16.6. The van der Waals surface area contributed by atoms with Gasteiger partial charge >= 0.3 is 0 Å². The highest BCUT2D eigenvalue weighted by Crippen LogP contribution is 2.27. The molecular weight excluding hydrogens is 448 g/mol. The Kier molecular flexibility index (Phi) is 6.01. The summed E-state index contributed by atoms with van der Waals surface area (Å²) >= 11 is 1.50. The molecule has 0 unspecified atom stereocenters. The molecule has 9 heteroatoms. The average Bonchev–Trinajstić information content (AvgIpc) is 3.45. The second kappa shape index (κ2) is 9.40. The molecule has 34 heavy (non-hydrogen) atoms. The number of aryl methyl sites for hydroxylation is 2. The number of hydrogen-bond donors (Lipinski definition) is 1. The first-order valence-corrected chi connectivity index (χ1v) is 11.5. The second-order valence-electron chi connectivity index (χ2n) is 7.74. The van der Waals surface area contributed by atoms with E-state index in [-0.39, 0.29) is 12.5 Å². The van der Waals surface area contributed by atoms with Crippen LogP contribution in [0, 0.1) is 6.92 Å². The molecule has 5 aromatic rings. The van der Waals surface area contributed by atoms with Gasteiger partial charge in [-0.3, -0.25) is 4.79 Å². The molecule has 0 spiro atoms. The molecule has 170 valence electrons. The van der Waals surface area contributed by atoms with E-state index in [1.807, 2.05) is 83.9 Å². The van der Waals surface area contributed by atoms with Crippen molar-refractivity contribution in [1.82, 2.24) is 24.1 Å². The molecule has 0 fully saturated rings. The predicted octanol–water partition coefficient (Wildman–Crippen LogP) is 4.75. The van der Waals surface area contributed by atoms with E-state index in [2.05, 4.69) is 20.5 Å². The van der Waals surface area contributed by atoms with Gasteiger partial charge in [-0.1, -0.05) is 18.2 Å². The van der Waals surface area contributed by atoms with Crippen LogP contribution in [0.25, 0.3) is 5.65 Å². The van der Waals surface area contributed by atoms with E-state index >= 15 is 0 Å². The van der Waals surface area contributed by atoms with Gasteiger partial charge in [0.2, 0.25) is 0 Å².